The second-order valence-electron chi connectivity index (χ2n) is 5.99. The second-order valence-corrected chi connectivity index (χ2v) is 5.99. The first-order valence-corrected chi connectivity index (χ1v) is 9.37. The summed E-state index contributed by atoms with van der Waals surface area (Å²) in [5.74, 6) is -0.718. The van der Waals surface area contributed by atoms with Gasteiger partial charge in [0.2, 0.25) is 0 Å². The molecule has 3 nitrogen and oxygen atoms in total. The van der Waals surface area contributed by atoms with Gasteiger partial charge < -0.3 is 9.84 Å². The van der Waals surface area contributed by atoms with Gasteiger partial charge in [-0.1, -0.05) is 50.5 Å². The van der Waals surface area contributed by atoms with E-state index in [4.69, 9.17) is 9.84 Å². The van der Waals surface area contributed by atoms with Crippen molar-refractivity contribution in [2.75, 3.05) is 13.2 Å². The Morgan fingerprint density at radius 2 is 1.43 bits per heavy atom. The lowest BCUT2D eigenvalue weighted by Gasteiger charge is -2.03. The summed E-state index contributed by atoms with van der Waals surface area (Å²) in [4.78, 5) is 10.3. The van der Waals surface area contributed by atoms with Gasteiger partial charge in [0.05, 0.1) is 0 Å². The monoisotopic (exact) mass is 324 g/mol. The van der Waals surface area contributed by atoms with Gasteiger partial charge in [-0.3, -0.25) is 4.79 Å². The standard InChI is InChI=1S/C20H36O3/c1-2-3-4-5-6-7-8-9-10-11-12-13-15-18-23-19-16-14-17-20(21)22/h6-7,9-10H,2-5,8,11-19H2,1H3,(H,21,22). The Morgan fingerprint density at radius 1 is 0.826 bits per heavy atom. The van der Waals surface area contributed by atoms with E-state index in [9.17, 15) is 4.79 Å². The maximum absolute atomic E-state index is 10.3. The molecule has 0 aromatic carbocycles. The number of aliphatic carboxylic acids is 1. The SMILES string of the molecule is CCCCCC=CCC=CCCCCCOCCCCC(=O)O. The number of carboxylic acids is 1. The van der Waals surface area contributed by atoms with Crippen LogP contribution in [-0.2, 0) is 9.53 Å². The average Bonchev–Trinajstić information content (AvgIpc) is 2.53. The van der Waals surface area contributed by atoms with E-state index in [1.807, 2.05) is 0 Å². The maximum Gasteiger partial charge on any atom is 0.303 e. The molecule has 0 saturated carbocycles. The molecule has 23 heavy (non-hydrogen) atoms. The molecule has 0 aliphatic carbocycles. The number of carboxylic acid groups (broad SMARTS) is 1. The highest BCUT2D eigenvalue weighted by atomic mass is 16.5. The highest BCUT2D eigenvalue weighted by Crippen LogP contribution is 2.04. The molecule has 3 heteroatoms. The molecule has 0 unspecified atom stereocenters. The van der Waals surface area contributed by atoms with Crippen molar-refractivity contribution in [3.8, 4) is 0 Å². The van der Waals surface area contributed by atoms with E-state index in [-0.39, 0.29) is 6.42 Å². The molecule has 0 aromatic heterocycles. The Morgan fingerprint density at radius 3 is 2.04 bits per heavy atom. The predicted octanol–water partition coefficient (Wildman–Crippen LogP) is 5.90. The molecule has 0 aliphatic rings. The number of ether oxygens (including phenoxy) is 1. The average molecular weight is 325 g/mol. The summed E-state index contributed by atoms with van der Waals surface area (Å²) in [6.07, 6.45) is 21.8. The lowest BCUT2D eigenvalue weighted by molar-refractivity contribution is -0.137. The van der Waals surface area contributed by atoms with Gasteiger partial charge in [0, 0.05) is 19.6 Å². The summed E-state index contributed by atoms with van der Waals surface area (Å²) in [7, 11) is 0. The van der Waals surface area contributed by atoms with Crippen molar-refractivity contribution < 1.29 is 14.6 Å². The molecule has 0 radical (unpaired) electrons. The van der Waals surface area contributed by atoms with Crippen LogP contribution in [0.15, 0.2) is 24.3 Å². The number of hydrogen-bond donors (Lipinski definition) is 1. The molecule has 0 atom stereocenters. The smallest absolute Gasteiger partial charge is 0.303 e. The zero-order chi connectivity index (χ0) is 17.0. The molecular formula is C20H36O3. The van der Waals surface area contributed by atoms with Crippen LogP contribution in [0.3, 0.4) is 0 Å². The summed E-state index contributed by atoms with van der Waals surface area (Å²) in [5, 5.41) is 8.50. The molecule has 0 amide bonds. The van der Waals surface area contributed by atoms with Crippen molar-refractivity contribution in [3.05, 3.63) is 24.3 Å². The van der Waals surface area contributed by atoms with Gasteiger partial charge in [-0.25, -0.2) is 0 Å². The topological polar surface area (TPSA) is 46.5 Å². The fourth-order valence-corrected chi connectivity index (χ4v) is 2.24. The zero-order valence-electron chi connectivity index (χ0n) is 15.0. The Hall–Kier alpha value is -1.09. The van der Waals surface area contributed by atoms with Crippen LogP contribution in [0.4, 0.5) is 0 Å². The van der Waals surface area contributed by atoms with E-state index < -0.39 is 5.97 Å². The van der Waals surface area contributed by atoms with Crippen LogP contribution in [0, 0.1) is 0 Å². The predicted molar refractivity (Wildman–Crippen MR) is 97.8 cm³/mol. The Balaban J connectivity index is 3.14. The van der Waals surface area contributed by atoms with Crippen molar-refractivity contribution in [2.45, 2.75) is 84.0 Å². The third-order valence-electron chi connectivity index (χ3n) is 3.67. The highest BCUT2D eigenvalue weighted by Gasteiger charge is 1.96. The molecule has 0 fully saturated rings. The zero-order valence-corrected chi connectivity index (χ0v) is 15.0. The largest absolute Gasteiger partial charge is 0.481 e. The van der Waals surface area contributed by atoms with Crippen LogP contribution in [0.1, 0.15) is 84.0 Å². The minimum Gasteiger partial charge on any atom is -0.481 e. The molecular weight excluding hydrogens is 288 g/mol. The van der Waals surface area contributed by atoms with Crippen molar-refractivity contribution in [1.29, 1.82) is 0 Å². The van der Waals surface area contributed by atoms with Gasteiger partial charge in [0.15, 0.2) is 0 Å². The van der Waals surface area contributed by atoms with Crippen LogP contribution < -0.4 is 0 Å². The van der Waals surface area contributed by atoms with Gasteiger partial charge in [-0.15, -0.1) is 0 Å². The third-order valence-corrected chi connectivity index (χ3v) is 3.67. The molecule has 0 heterocycles. The normalized spacial score (nSPS) is 11.7. The van der Waals surface area contributed by atoms with Crippen molar-refractivity contribution in [1.82, 2.24) is 0 Å². The summed E-state index contributed by atoms with van der Waals surface area (Å²) in [6, 6.07) is 0. The minimum atomic E-state index is -0.718. The van der Waals surface area contributed by atoms with Crippen LogP contribution in [0.25, 0.3) is 0 Å². The van der Waals surface area contributed by atoms with E-state index in [1.54, 1.807) is 0 Å². The first kappa shape index (κ1) is 21.9. The van der Waals surface area contributed by atoms with Gasteiger partial charge >= 0.3 is 5.97 Å². The quantitative estimate of drug-likeness (QED) is 0.267. The van der Waals surface area contributed by atoms with Crippen molar-refractivity contribution >= 4 is 5.97 Å². The minimum absolute atomic E-state index is 0.254. The summed E-state index contributed by atoms with van der Waals surface area (Å²) >= 11 is 0. The molecule has 0 rings (SSSR count). The van der Waals surface area contributed by atoms with Gasteiger partial charge in [-0.2, -0.15) is 0 Å². The maximum atomic E-state index is 10.3. The fraction of sp³-hybridized carbons (Fsp3) is 0.750. The van der Waals surface area contributed by atoms with Gasteiger partial charge in [-0.05, 0) is 51.4 Å². The Kier molecular flexibility index (Phi) is 18.1. The van der Waals surface area contributed by atoms with Crippen LogP contribution in [-0.4, -0.2) is 24.3 Å². The first-order chi connectivity index (χ1) is 11.3. The number of unbranched alkanes of at least 4 members (excludes halogenated alkanes) is 7. The van der Waals surface area contributed by atoms with E-state index in [0.29, 0.717) is 13.0 Å². The van der Waals surface area contributed by atoms with E-state index >= 15 is 0 Å². The summed E-state index contributed by atoms with van der Waals surface area (Å²) < 4.78 is 5.50. The summed E-state index contributed by atoms with van der Waals surface area (Å²) in [5.41, 5.74) is 0. The molecule has 0 spiro atoms. The number of rotatable bonds is 17. The number of hydrogen-bond acceptors (Lipinski definition) is 2. The molecule has 0 aromatic rings. The number of allylic oxidation sites excluding steroid dienone is 4. The Bertz CT molecular complexity index is 308. The van der Waals surface area contributed by atoms with Crippen molar-refractivity contribution in [2.24, 2.45) is 0 Å². The van der Waals surface area contributed by atoms with Gasteiger partial charge in [0.25, 0.3) is 0 Å². The van der Waals surface area contributed by atoms with E-state index in [0.717, 1.165) is 32.3 Å². The fourth-order valence-electron chi connectivity index (χ4n) is 2.24. The molecule has 1 N–H and O–H groups in total. The molecule has 134 valence electrons. The highest BCUT2D eigenvalue weighted by molar-refractivity contribution is 5.66. The summed E-state index contributed by atoms with van der Waals surface area (Å²) in [6.45, 7) is 3.73. The van der Waals surface area contributed by atoms with Crippen LogP contribution >= 0.6 is 0 Å². The van der Waals surface area contributed by atoms with E-state index in [1.165, 1.54) is 38.5 Å². The molecule has 0 bridgehead atoms. The molecule has 0 saturated heterocycles. The second kappa shape index (κ2) is 19.0. The van der Waals surface area contributed by atoms with Gasteiger partial charge in [0.1, 0.15) is 0 Å². The molecule has 0 aliphatic heterocycles. The van der Waals surface area contributed by atoms with Crippen molar-refractivity contribution in [3.63, 3.8) is 0 Å². The lowest BCUT2D eigenvalue weighted by atomic mass is 10.1. The first-order valence-electron chi connectivity index (χ1n) is 9.37. The third kappa shape index (κ3) is 20.9. The Labute approximate surface area is 142 Å². The van der Waals surface area contributed by atoms with Crippen LogP contribution in [0.5, 0.6) is 0 Å². The lowest BCUT2D eigenvalue weighted by Crippen LogP contribution is -1.99. The van der Waals surface area contributed by atoms with Crippen LogP contribution in [0.2, 0.25) is 0 Å². The number of carbonyl (C=O) groups is 1. The van der Waals surface area contributed by atoms with E-state index in [2.05, 4.69) is 31.2 Å².